The zero-order valence-electron chi connectivity index (χ0n) is 12.8. The van der Waals surface area contributed by atoms with Crippen LogP contribution in [0.15, 0.2) is 42.5 Å². The van der Waals surface area contributed by atoms with Crippen molar-refractivity contribution >= 4 is 51.8 Å². The van der Waals surface area contributed by atoms with Crippen molar-refractivity contribution in [2.24, 2.45) is 0 Å². The highest BCUT2D eigenvalue weighted by atomic mass is 127. The third-order valence-electron chi connectivity index (χ3n) is 2.98. The maximum absolute atomic E-state index is 11.8. The fourth-order valence-corrected chi connectivity index (χ4v) is 2.67. The second kappa shape index (κ2) is 8.89. The van der Waals surface area contributed by atoms with Crippen molar-refractivity contribution in [1.29, 1.82) is 0 Å². The van der Waals surface area contributed by atoms with E-state index in [4.69, 9.17) is 21.1 Å². The van der Waals surface area contributed by atoms with Crippen molar-refractivity contribution < 1.29 is 19.1 Å². The monoisotopic (exact) mass is 459 g/mol. The van der Waals surface area contributed by atoms with Crippen LogP contribution in [0.4, 0.5) is 5.69 Å². The molecular formula is C17H15ClINO4. The molecule has 24 heavy (non-hydrogen) atoms. The molecule has 0 radical (unpaired) electrons. The van der Waals surface area contributed by atoms with Gasteiger partial charge in [-0.05, 0) is 71.5 Å². The number of hydrogen-bond acceptors (Lipinski definition) is 4. The Morgan fingerprint density at radius 1 is 1.17 bits per heavy atom. The third kappa shape index (κ3) is 6.01. The second-order valence-corrected chi connectivity index (χ2v) is 6.60. The van der Waals surface area contributed by atoms with Gasteiger partial charge >= 0.3 is 5.97 Å². The van der Waals surface area contributed by atoms with Crippen LogP contribution in [0, 0.1) is 10.5 Å². The summed E-state index contributed by atoms with van der Waals surface area (Å²) >= 11 is 8.01. The molecule has 2 rings (SSSR count). The maximum Gasteiger partial charge on any atom is 0.344 e. The van der Waals surface area contributed by atoms with Crippen LogP contribution in [0.25, 0.3) is 0 Å². The summed E-state index contributed by atoms with van der Waals surface area (Å²) in [6.07, 6.45) is 0. The van der Waals surface area contributed by atoms with Crippen LogP contribution in [-0.2, 0) is 14.3 Å². The molecule has 2 aromatic rings. The second-order valence-electron chi connectivity index (χ2n) is 4.91. The molecule has 0 saturated heterocycles. The predicted octanol–water partition coefficient (Wildman–Crippen LogP) is 3.81. The highest BCUT2D eigenvalue weighted by molar-refractivity contribution is 14.1. The number of carbonyl (C=O) groups is 2. The molecule has 0 bridgehead atoms. The van der Waals surface area contributed by atoms with E-state index in [1.807, 2.05) is 19.1 Å². The molecule has 0 aliphatic heterocycles. The van der Waals surface area contributed by atoms with E-state index in [1.165, 1.54) is 0 Å². The number of aryl methyl sites for hydroxylation is 1. The van der Waals surface area contributed by atoms with Gasteiger partial charge in [-0.1, -0.05) is 17.7 Å². The smallest absolute Gasteiger partial charge is 0.344 e. The summed E-state index contributed by atoms with van der Waals surface area (Å²) < 4.78 is 11.2. The lowest BCUT2D eigenvalue weighted by Crippen LogP contribution is -2.24. The number of hydrogen-bond donors (Lipinski definition) is 1. The number of esters is 1. The average Bonchev–Trinajstić information content (AvgIpc) is 2.54. The van der Waals surface area contributed by atoms with Crippen molar-refractivity contribution in [2.75, 3.05) is 18.5 Å². The van der Waals surface area contributed by atoms with Gasteiger partial charge in [0.15, 0.2) is 13.2 Å². The molecule has 0 aliphatic rings. The minimum Gasteiger partial charge on any atom is -0.482 e. The normalized spacial score (nSPS) is 10.1. The lowest BCUT2D eigenvalue weighted by atomic mass is 10.2. The van der Waals surface area contributed by atoms with Gasteiger partial charge < -0.3 is 14.8 Å². The van der Waals surface area contributed by atoms with Crippen LogP contribution in [0.2, 0.25) is 5.02 Å². The molecule has 0 atom stereocenters. The number of amides is 1. The van der Waals surface area contributed by atoms with Gasteiger partial charge in [-0.3, -0.25) is 4.79 Å². The Kier molecular flexibility index (Phi) is 6.86. The number of ether oxygens (including phenoxy) is 2. The van der Waals surface area contributed by atoms with Crippen molar-refractivity contribution in [3.05, 3.63) is 56.6 Å². The zero-order valence-corrected chi connectivity index (χ0v) is 15.8. The fraction of sp³-hybridized carbons (Fsp3) is 0.176. The number of rotatable bonds is 6. The molecule has 0 spiro atoms. The van der Waals surface area contributed by atoms with Crippen molar-refractivity contribution in [2.45, 2.75) is 6.92 Å². The fourth-order valence-electron chi connectivity index (χ4n) is 1.84. The molecule has 126 valence electrons. The van der Waals surface area contributed by atoms with E-state index < -0.39 is 11.9 Å². The molecule has 0 saturated carbocycles. The highest BCUT2D eigenvalue weighted by Crippen LogP contribution is 2.18. The SMILES string of the molecule is Cc1cc(I)ccc1NC(=O)COC(=O)COc1cccc(Cl)c1. The van der Waals surface area contributed by atoms with Crippen molar-refractivity contribution in [3.63, 3.8) is 0 Å². The standard InChI is InChI=1S/C17H15ClINO4/c1-11-7-13(19)5-6-15(11)20-16(21)9-24-17(22)10-23-14-4-2-3-12(18)8-14/h2-8H,9-10H2,1H3,(H,20,21). The summed E-state index contributed by atoms with van der Waals surface area (Å²) in [5.41, 5.74) is 1.62. The first-order valence-corrected chi connectivity index (χ1v) is 8.50. The number of anilines is 1. The molecule has 0 aromatic heterocycles. The molecule has 1 N–H and O–H groups in total. The maximum atomic E-state index is 11.8. The van der Waals surface area contributed by atoms with Crippen LogP contribution in [0.1, 0.15) is 5.56 Å². The van der Waals surface area contributed by atoms with E-state index in [0.717, 1.165) is 9.13 Å². The Balaban J connectivity index is 1.75. The number of carbonyl (C=O) groups excluding carboxylic acids is 2. The summed E-state index contributed by atoms with van der Waals surface area (Å²) in [5.74, 6) is -0.585. The Hall–Kier alpha value is -1.80. The molecular weight excluding hydrogens is 445 g/mol. The Bertz CT molecular complexity index is 751. The zero-order chi connectivity index (χ0) is 17.5. The van der Waals surface area contributed by atoms with Gasteiger partial charge in [-0.2, -0.15) is 0 Å². The van der Waals surface area contributed by atoms with Gasteiger partial charge in [-0.15, -0.1) is 0 Å². The molecule has 0 fully saturated rings. The first kappa shape index (κ1) is 18.5. The molecule has 0 aliphatic carbocycles. The largest absolute Gasteiger partial charge is 0.482 e. The summed E-state index contributed by atoms with van der Waals surface area (Å²) in [7, 11) is 0. The third-order valence-corrected chi connectivity index (χ3v) is 3.89. The van der Waals surface area contributed by atoms with Gasteiger partial charge in [0.05, 0.1) is 0 Å². The topological polar surface area (TPSA) is 64.6 Å². The Labute approximate surface area is 158 Å². The number of benzene rings is 2. The lowest BCUT2D eigenvalue weighted by molar-refractivity contribution is -0.149. The minimum absolute atomic E-state index is 0.295. The predicted molar refractivity (Wildman–Crippen MR) is 100 cm³/mol. The van der Waals surface area contributed by atoms with E-state index >= 15 is 0 Å². The van der Waals surface area contributed by atoms with Crippen LogP contribution >= 0.6 is 34.2 Å². The van der Waals surface area contributed by atoms with Crippen molar-refractivity contribution in [1.82, 2.24) is 0 Å². The summed E-state index contributed by atoms with van der Waals surface area (Å²) in [6, 6.07) is 12.3. The molecule has 0 unspecified atom stereocenters. The van der Waals surface area contributed by atoms with Gasteiger partial charge in [0.25, 0.3) is 5.91 Å². The van der Waals surface area contributed by atoms with E-state index in [0.29, 0.717) is 16.5 Å². The molecule has 0 heterocycles. The van der Waals surface area contributed by atoms with E-state index in [1.54, 1.807) is 30.3 Å². The molecule has 7 heteroatoms. The van der Waals surface area contributed by atoms with Crippen LogP contribution < -0.4 is 10.1 Å². The van der Waals surface area contributed by atoms with Crippen LogP contribution in [0.3, 0.4) is 0 Å². The summed E-state index contributed by atoms with van der Waals surface area (Å²) in [4.78, 5) is 23.4. The van der Waals surface area contributed by atoms with Gasteiger partial charge in [0.1, 0.15) is 5.75 Å². The van der Waals surface area contributed by atoms with E-state index in [2.05, 4.69) is 27.9 Å². The van der Waals surface area contributed by atoms with Gasteiger partial charge in [0, 0.05) is 14.3 Å². The van der Waals surface area contributed by atoms with E-state index in [9.17, 15) is 9.59 Å². The average molecular weight is 460 g/mol. The van der Waals surface area contributed by atoms with Crippen LogP contribution in [-0.4, -0.2) is 25.1 Å². The number of nitrogens with one attached hydrogen (secondary N) is 1. The highest BCUT2D eigenvalue weighted by Gasteiger charge is 2.10. The minimum atomic E-state index is -0.635. The quantitative estimate of drug-likeness (QED) is 0.527. The first-order valence-electron chi connectivity index (χ1n) is 7.04. The summed E-state index contributed by atoms with van der Waals surface area (Å²) in [6.45, 7) is 1.22. The van der Waals surface area contributed by atoms with E-state index in [-0.39, 0.29) is 13.2 Å². The summed E-state index contributed by atoms with van der Waals surface area (Å²) in [5, 5.41) is 3.20. The van der Waals surface area contributed by atoms with Crippen molar-refractivity contribution in [3.8, 4) is 5.75 Å². The lowest BCUT2D eigenvalue weighted by Gasteiger charge is -2.10. The Morgan fingerprint density at radius 2 is 1.96 bits per heavy atom. The molecule has 1 amide bonds. The molecule has 5 nitrogen and oxygen atoms in total. The molecule has 2 aromatic carbocycles. The van der Waals surface area contributed by atoms with Crippen LogP contribution in [0.5, 0.6) is 5.75 Å². The first-order chi connectivity index (χ1) is 11.4. The van der Waals surface area contributed by atoms with Gasteiger partial charge in [-0.25, -0.2) is 4.79 Å². The Morgan fingerprint density at radius 3 is 2.67 bits per heavy atom. The van der Waals surface area contributed by atoms with Gasteiger partial charge in [0.2, 0.25) is 0 Å². The number of halogens is 2.